The quantitative estimate of drug-likeness (QED) is 0.806. The van der Waals surface area contributed by atoms with Gasteiger partial charge in [0, 0.05) is 28.3 Å². The van der Waals surface area contributed by atoms with Crippen LogP contribution in [0.25, 0.3) is 0 Å². The van der Waals surface area contributed by atoms with Crippen LogP contribution in [0.15, 0.2) is 0 Å². The fraction of sp³-hybridized carbons (Fsp3) is 1.00. The highest BCUT2D eigenvalue weighted by atomic mass is 32.2. The molecule has 0 amide bonds. The molecule has 2 aliphatic carbocycles. The highest BCUT2D eigenvalue weighted by Gasteiger charge is 2.32. The lowest BCUT2D eigenvalue weighted by Crippen LogP contribution is -2.43. The van der Waals surface area contributed by atoms with Gasteiger partial charge in [-0.2, -0.15) is 0 Å². The van der Waals surface area contributed by atoms with Gasteiger partial charge in [0.2, 0.25) is 0 Å². The molecule has 2 nitrogen and oxygen atoms in total. The highest BCUT2D eigenvalue weighted by molar-refractivity contribution is 7.84. The van der Waals surface area contributed by atoms with Gasteiger partial charge in [-0.1, -0.05) is 51.9 Å². The Labute approximate surface area is 127 Å². The average Bonchev–Trinajstić information content (AvgIpc) is 2.48. The zero-order chi connectivity index (χ0) is 14.4. The summed E-state index contributed by atoms with van der Waals surface area (Å²) in [7, 11) is -0.670. The van der Waals surface area contributed by atoms with Crippen molar-refractivity contribution in [3.8, 4) is 0 Å². The third kappa shape index (κ3) is 4.84. The van der Waals surface area contributed by atoms with E-state index in [4.69, 9.17) is 0 Å². The minimum Gasteiger partial charge on any atom is -0.314 e. The number of hydrogen-bond acceptors (Lipinski definition) is 2. The van der Waals surface area contributed by atoms with Crippen molar-refractivity contribution in [1.82, 2.24) is 5.32 Å². The van der Waals surface area contributed by atoms with Gasteiger partial charge in [0.05, 0.1) is 0 Å². The summed E-state index contributed by atoms with van der Waals surface area (Å²) in [5.74, 6) is 1.91. The third-order valence-corrected chi connectivity index (χ3v) is 6.97. The third-order valence-electron chi connectivity index (χ3n) is 5.60. The van der Waals surface area contributed by atoms with Crippen LogP contribution in [0.5, 0.6) is 0 Å². The second-order valence-corrected chi connectivity index (χ2v) is 8.81. The van der Waals surface area contributed by atoms with Crippen LogP contribution in [-0.4, -0.2) is 28.3 Å². The van der Waals surface area contributed by atoms with Crippen molar-refractivity contribution in [2.75, 3.05) is 12.8 Å². The van der Waals surface area contributed by atoms with Crippen LogP contribution in [-0.2, 0) is 10.8 Å². The number of rotatable bonds is 6. The summed E-state index contributed by atoms with van der Waals surface area (Å²) in [5, 5.41) is 4.15. The maximum absolute atomic E-state index is 11.4. The molecule has 0 spiro atoms. The minimum absolute atomic E-state index is 0.333. The molecule has 4 atom stereocenters. The predicted molar refractivity (Wildman–Crippen MR) is 88.5 cm³/mol. The van der Waals surface area contributed by atoms with E-state index in [1.807, 2.05) is 6.26 Å². The van der Waals surface area contributed by atoms with Gasteiger partial charge in [0.15, 0.2) is 0 Å². The smallest absolute Gasteiger partial charge is 0.0329 e. The molecule has 2 saturated carbocycles. The number of hydrogen-bond donors (Lipinski definition) is 1. The fourth-order valence-corrected chi connectivity index (χ4v) is 4.63. The molecule has 0 aromatic heterocycles. The molecule has 20 heavy (non-hydrogen) atoms. The highest BCUT2D eigenvalue weighted by Crippen LogP contribution is 2.38. The van der Waals surface area contributed by atoms with Gasteiger partial charge in [0.25, 0.3) is 0 Å². The van der Waals surface area contributed by atoms with Crippen LogP contribution in [0.3, 0.4) is 0 Å². The lowest BCUT2D eigenvalue weighted by atomic mass is 9.71. The van der Waals surface area contributed by atoms with Gasteiger partial charge in [-0.15, -0.1) is 0 Å². The summed E-state index contributed by atoms with van der Waals surface area (Å²) < 4.78 is 11.4. The van der Waals surface area contributed by atoms with Crippen LogP contribution in [0.4, 0.5) is 0 Å². The summed E-state index contributed by atoms with van der Waals surface area (Å²) in [6.07, 6.45) is 15.8. The summed E-state index contributed by atoms with van der Waals surface area (Å²) in [6, 6.07) is 0.740. The summed E-state index contributed by atoms with van der Waals surface area (Å²) in [5.41, 5.74) is 0. The Bertz CT molecular complexity index is 301. The van der Waals surface area contributed by atoms with Crippen LogP contribution >= 0.6 is 0 Å². The Kier molecular flexibility index (Phi) is 7.03. The van der Waals surface area contributed by atoms with Gasteiger partial charge >= 0.3 is 0 Å². The predicted octanol–water partition coefficient (Wildman–Crippen LogP) is 3.87. The van der Waals surface area contributed by atoms with E-state index in [1.54, 1.807) is 0 Å². The maximum Gasteiger partial charge on any atom is 0.0329 e. The minimum atomic E-state index is -0.670. The van der Waals surface area contributed by atoms with E-state index >= 15 is 0 Å². The Morgan fingerprint density at radius 1 is 1.05 bits per heavy atom. The van der Waals surface area contributed by atoms with E-state index in [9.17, 15) is 4.21 Å². The Balaban J connectivity index is 1.79. The van der Waals surface area contributed by atoms with E-state index in [-0.39, 0.29) is 0 Å². The van der Waals surface area contributed by atoms with Gasteiger partial charge in [-0.25, -0.2) is 0 Å². The van der Waals surface area contributed by atoms with Gasteiger partial charge in [-0.3, -0.25) is 4.21 Å². The summed E-state index contributed by atoms with van der Waals surface area (Å²) >= 11 is 0. The first kappa shape index (κ1) is 16.5. The molecule has 4 unspecified atom stereocenters. The molecule has 0 aliphatic heterocycles. The molecule has 0 radical (unpaired) electrons. The van der Waals surface area contributed by atoms with Crippen LogP contribution < -0.4 is 5.32 Å². The second-order valence-electron chi connectivity index (χ2n) is 7.00. The number of nitrogens with one attached hydrogen (secondary N) is 1. The summed E-state index contributed by atoms with van der Waals surface area (Å²) in [6.45, 7) is 3.16. The zero-order valence-corrected chi connectivity index (χ0v) is 14.2. The molecular formula is C17H33NOS. The van der Waals surface area contributed by atoms with Gasteiger partial charge < -0.3 is 5.32 Å². The van der Waals surface area contributed by atoms with Crippen molar-refractivity contribution in [1.29, 1.82) is 0 Å². The Hall–Kier alpha value is 0.110. The normalized spacial score (nSPS) is 31.9. The van der Waals surface area contributed by atoms with E-state index in [2.05, 4.69) is 12.2 Å². The lowest BCUT2D eigenvalue weighted by molar-refractivity contribution is 0.150. The Morgan fingerprint density at radius 3 is 2.40 bits per heavy atom. The van der Waals surface area contributed by atoms with Crippen molar-refractivity contribution >= 4 is 10.8 Å². The molecule has 0 aromatic carbocycles. The van der Waals surface area contributed by atoms with Crippen LogP contribution in [0.1, 0.15) is 71.1 Å². The largest absolute Gasteiger partial charge is 0.314 e. The van der Waals surface area contributed by atoms with E-state index in [1.165, 1.54) is 57.8 Å². The van der Waals surface area contributed by atoms with Crippen LogP contribution in [0.2, 0.25) is 0 Å². The monoisotopic (exact) mass is 299 g/mol. The van der Waals surface area contributed by atoms with Crippen LogP contribution in [0, 0.1) is 11.8 Å². The standard InChI is InChI=1S/C17H33NOS/c1-14(20(2)19)12-13-18-17-11-7-6-10-16(17)15-8-4-3-5-9-15/h14-18H,3-13H2,1-2H3. The zero-order valence-electron chi connectivity index (χ0n) is 13.4. The molecular weight excluding hydrogens is 266 g/mol. The molecule has 2 aliphatic rings. The SMILES string of the molecule is CC(CCNC1CCCCC1C1CCCCC1)S(C)=O. The van der Waals surface area contributed by atoms with Crippen molar-refractivity contribution < 1.29 is 4.21 Å². The Morgan fingerprint density at radius 2 is 1.70 bits per heavy atom. The molecule has 118 valence electrons. The molecule has 2 rings (SSSR count). The topological polar surface area (TPSA) is 29.1 Å². The van der Waals surface area contributed by atoms with E-state index in [0.29, 0.717) is 5.25 Å². The molecule has 2 fully saturated rings. The molecule has 3 heteroatoms. The molecule has 0 heterocycles. The van der Waals surface area contributed by atoms with Crippen molar-refractivity contribution in [3.63, 3.8) is 0 Å². The lowest BCUT2D eigenvalue weighted by Gasteiger charge is -2.39. The molecule has 0 saturated heterocycles. The van der Waals surface area contributed by atoms with E-state index in [0.717, 1.165) is 30.8 Å². The second kappa shape index (κ2) is 8.53. The van der Waals surface area contributed by atoms with Crippen molar-refractivity contribution in [2.45, 2.75) is 82.4 Å². The first-order valence-electron chi connectivity index (χ1n) is 8.74. The molecule has 1 N–H and O–H groups in total. The average molecular weight is 300 g/mol. The van der Waals surface area contributed by atoms with Gasteiger partial charge in [-0.05, 0) is 37.6 Å². The summed E-state index contributed by atoms with van der Waals surface area (Å²) in [4.78, 5) is 0. The van der Waals surface area contributed by atoms with Crippen molar-refractivity contribution in [3.05, 3.63) is 0 Å². The first-order valence-corrected chi connectivity index (χ1v) is 10.4. The van der Waals surface area contributed by atoms with Gasteiger partial charge in [0.1, 0.15) is 0 Å². The fourth-order valence-electron chi connectivity index (χ4n) is 4.18. The molecule has 0 aromatic rings. The van der Waals surface area contributed by atoms with Crippen molar-refractivity contribution in [2.24, 2.45) is 11.8 Å². The maximum atomic E-state index is 11.4. The first-order chi connectivity index (χ1) is 9.68. The van der Waals surface area contributed by atoms with E-state index < -0.39 is 10.8 Å². The molecule has 0 bridgehead atoms.